The van der Waals surface area contributed by atoms with E-state index in [1.807, 2.05) is 18.2 Å². The van der Waals surface area contributed by atoms with Gasteiger partial charge in [-0.05, 0) is 73.3 Å². The van der Waals surface area contributed by atoms with Gasteiger partial charge in [0.05, 0.1) is 12.3 Å². The predicted octanol–water partition coefficient (Wildman–Crippen LogP) is 3.51. The lowest BCUT2D eigenvalue weighted by Gasteiger charge is -2.53. The van der Waals surface area contributed by atoms with E-state index in [4.69, 9.17) is 24.3 Å². The Morgan fingerprint density at radius 3 is 2.55 bits per heavy atom. The molecule has 1 unspecified atom stereocenters. The largest absolute Gasteiger partial charge is 0.461 e. The summed E-state index contributed by atoms with van der Waals surface area (Å²) in [4.78, 5) is 16.9. The average molecular weight is 669 g/mol. The molecule has 1 saturated heterocycles. The maximum atomic E-state index is 14.3. The number of nitrogens with two attached hydrogens (primary N) is 1. The fraction of sp³-hybridized carbons (Fsp3) is 0.562. The molecular weight excluding hydrogens is 627 g/mol. The number of fused-ring (bicyclic) bond motifs is 1. The number of benzene rings is 1. The highest BCUT2D eigenvalue weighted by molar-refractivity contribution is 7.52. The van der Waals surface area contributed by atoms with Crippen molar-refractivity contribution in [2.45, 2.75) is 101 Å². The number of aliphatic hydroxyl groups is 2. The molecule has 5 N–H and O–H groups in total. The molecule has 1 spiro atoms. The van der Waals surface area contributed by atoms with Crippen molar-refractivity contribution in [3.05, 3.63) is 54.0 Å². The van der Waals surface area contributed by atoms with Crippen molar-refractivity contribution in [2.24, 2.45) is 5.41 Å². The van der Waals surface area contributed by atoms with Crippen LogP contribution in [0, 0.1) is 16.7 Å². The molecule has 0 radical (unpaired) electrons. The van der Waals surface area contributed by atoms with Gasteiger partial charge in [0.1, 0.15) is 54.1 Å². The fourth-order valence-electron chi connectivity index (χ4n) is 6.60. The minimum absolute atomic E-state index is 0.102. The fourth-order valence-corrected chi connectivity index (χ4v) is 8.10. The standard InChI is InChI=1S/C32H41N6O8P/c1-19(29(41)44-22-14-31(15-22)12-5-13-31)37-47(42,46-21-8-6-20(7-9-21)30(2,3)4)43-16-24-26(39)27(40)32(17-33,45-24)25-11-10-23-28(34)35-18-36-38(23)25/h6-11,18-19,22,24,26-27,39-40H,5,12-16H2,1-4H3,(H,37,42)(H2,34,35,36)/t19-,24+,26+,27+,32-,47?/m0/s1. The van der Waals surface area contributed by atoms with Crippen LogP contribution in [0.2, 0.25) is 0 Å². The molecule has 47 heavy (non-hydrogen) atoms. The van der Waals surface area contributed by atoms with Crippen LogP contribution in [0.1, 0.15) is 71.1 Å². The summed E-state index contributed by atoms with van der Waals surface area (Å²) >= 11 is 0. The Balaban J connectivity index is 1.20. The maximum Gasteiger partial charge on any atom is 0.459 e. The second-order valence-electron chi connectivity index (χ2n) is 13.9. The molecule has 1 aromatic carbocycles. The first kappa shape index (κ1) is 33.3. The molecule has 0 amide bonds. The Bertz CT molecular complexity index is 1720. The molecule has 2 saturated carbocycles. The van der Waals surface area contributed by atoms with Gasteiger partial charge in [-0.25, -0.2) is 14.1 Å². The summed E-state index contributed by atoms with van der Waals surface area (Å²) in [6.45, 7) is 7.09. The number of aliphatic hydroxyl groups excluding tert-OH is 2. The van der Waals surface area contributed by atoms with Crippen LogP contribution in [0.15, 0.2) is 42.7 Å². The van der Waals surface area contributed by atoms with Crippen molar-refractivity contribution in [3.8, 4) is 11.8 Å². The van der Waals surface area contributed by atoms with Crippen molar-refractivity contribution >= 4 is 25.1 Å². The summed E-state index contributed by atoms with van der Waals surface area (Å²) in [5, 5.41) is 39.2. The van der Waals surface area contributed by atoms with Crippen LogP contribution < -0.4 is 15.3 Å². The van der Waals surface area contributed by atoms with Gasteiger partial charge in [-0.3, -0.25) is 9.32 Å². The molecule has 0 bridgehead atoms. The smallest absolute Gasteiger partial charge is 0.459 e. The van der Waals surface area contributed by atoms with E-state index in [-0.39, 0.29) is 28.8 Å². The highest BCUT2D eigenvalue weighted by atomic mass is 31.2. The normalized spacial score (nSPS) is 27.4. The van der Waals surface area contributed by atoms with Crippen molar-refractivity contribution in [1.82, 2.24) is 19.7 Å². The molecule has 15 heteroatoms. The highest BCUT2D eigenvalue weighted by Gasteiger charge is 2.58. The SMILES string of the molecule is C[C@H](NP(=O)(OC[C@H]1O[C@@](C#N)(c2ccc3c(N)ncnn23)[C@H](O)[C@@H]1O)Oc1ccc(C(C)(C)C)cc1)C(=O)OC1CC2(CCC2)C1. The lowest BCUT2D eigenvalue weighted by atomic mass is 9.55. The number of nitrogens with zero attached hydrogens (tertiary/aromatic N) is 4. The van der Waals surface area contributed by atoms with Crippen LogP contribution in [-0.2, 0) is 34.4 Å². The molecule has 3 fully saturated rings. The Morgan fingerprint density at radius 2 is 1.94 bits per heavy atom. The number of nitrogen functional groups attached to an aromatic ring is 1. The topological polar surface area (TPSA) is 204 Å². The van der Waals surface area contributed by atoms with Crippen molar-refractivity contribution in [3.63, 3.8) is 0 Å². The van der Waals surface area contributed by atoms with Gasteiger partial charge in [-0.2, -0.15) is 15.4 Å². The van der Waals surface area contributed by atoms with Crippen molar-refractivity contribution < 1.29 is 38.1 Å². The van der Waals surface area contributed by atoms with Crippen molar-refractivity contribution in [1.29, 1.82) is 5.26 Å². The number of aromatic nitrogens is 3. The van der Waals surface area contributed by atoms with Crippen molar-refractivity contribution in [2.75, 3.05) is 12.3 Å². The van der Waals surface area contributed by atoms with E-state index >= 15 is 0 Å². The number of anilines is 1. The van der Waals surface area contributed by atoms with Crippen LogP contribution >= 0.6 is 7.75 Å². The molecule has 2 aliphatic carbocycles. The number of carbonyl (C=O) groups excluding carboxylic acids is 1. The van der Waals surface area contributed by atoms with E-state index in [0.717, 1.165) is 31.2 Å². The summed E-state index contributed by atoms with van der Waals surface area (Å²) in [7, 11) is -4.36. The zero-order valence-electron chi connectivity index (χ0n) is 26.8. The first-order valence-electron chi connectivity index (χ1n) is 15.7. The van der Waals surface area contributed by atoms with Gasteiger partial charge in [0, 0.05) is 0 Å². The van der Waals surface area contributed by atoms with E-state index < -0.39 is 50.3 Å². The monoisotopic (exact) mass is 668 g/mol. The zero-order valence-corrected chi connectivity index (χ0v) is 27.7. The van der Waals surface area contributed by atoms with E-state index in [1.165, 1.54) is 30.3 Å². The first-order chi connectivity index (χ1) is 22.2. The number of nitriles is 1. The van der Waals surface area contributed by atoms with Crippen LogP contribution in [0.3, 0.4) is 0 Å². The molecule has 14 nitrogen and oxygen atoms in total. The van der Waals surface area contributed by atoms with Crippen LogP contribution in [-0.4, -0.2) is 67.8 Å². The van der Waals surface area contributed by atoms with E-state index in [9.17, 15) is 24.8 Å². The van der Waals surface area contributed by atoms with Gasteiger partial charge in [0.25, 0.3) is 0 Å². The molecule has 3 aliphatic rings. The third-order valence-corrected chi connectivity index (χ3v) is 11.2. The average Bonchev–Trinajstić information content (AvgIpc) is 3.52. The highest BCUT2D eigenvalue weighted by Crippen LogP contribution is 2.57. The Hall–Kier alpha value is -3.57. The van der Waals surface area contributed by atoms with Gasteiger partial charge >= 0.3 is 13.7 Å². The molecule has 252 valence electrons. The third kappa shape index (κ3) is 6.24. The maximum absolute atomic E-state index is 14.3. The van der Waals surface area contributed by atoms with Crippen LogP contribution in [0.5, 0.6) is 5.75 Å². The third-order valence-electron chi connectivity index (χ3n) is 9.57. The van der Waals surface area contributed by atoms with E-state index in [0.29, 0.717) is 10.9 Å². The molecular formula is C32H41N6O8P. The molecule has 3 aromatic rings. The Morgan fingerprint density at radius 1 is 1.23 bits per heavy atom. The minimum Gasteiger partial charge on any atom is -0.461 e. The first-order valence-corrected chi connectivity index (χ1v) is 17.3. The quantitative estimate of drug-likeness (QED) is 0.181. The summed E-state index contributed by atoms with van der Waals surface area (Å²) in [5.74, 6) is -0.256. The molecule has 2 aromatic heterocycles. The van der Waals surface area contributed by atoms with Gasteiger partial charge in [-0.1, -0.05) is 39.3 Å². The lowest BCUT2D eigenvalue weighted by Crippen LogP contribution is -2.49. The molecule has 6 rings (SSSR count). The number of hydrogen-bond donors (Lipinski definition) is 4. The summed E-state index contributed by atoms with van der Waals surface area (Å²) < 4.78 is 38.8. The lowest BCUT2D eigenvalue weighted by molar-refractivity contribution is -0.169. The number of rotatable bonds is 10. The number of hydrogen-bond acceptors (Lipinski definition) is 12. The second-order valence-corrected chi connectivity index (χ2v) is 15.6. The predicted molar refractivity (Wildman–Crippen MR) is 169 cm³/mol. The second kappa shape index (κ2) is 12.1. The summed E-state index contributed by atoms with van der Waals surface area (Å²) in [5.41, 5.74) is 5.51. The number of esters is 1. The summed E-state index contributed by atoms with van der Waals surface area (Å²) in [6.07, 6.45) is 1.42. The number of carbonyl (C=O) groups is 1. The van der Waals surface area contributed by atoms with E-state index in [1.54, 1.807) is 18.2 Å². The summed E-state index contributed by atoms with van der Waals surface area (Å²) in [6, 6.07) is 10.9. The van der Waals surface area contributed by atoms with E-state index in [2.05, 4.69) is 35.9 Å². The van der Waals surface area contributed by atoms with Crippen LogP contribution in [0.25, 0.3) is 5.52 Å². The van der Waals surface area contributed by atoms with Gasteiger partial charge in [0.15, 0.2) is 5.82 Å². The van der Waals surface area contributed by atoms with Gasteiger partial charge < -0.3 is 29.9 Å². The Kier molecular flexibility index (Phi) is 8.62. The number of nitrogens with one attached hydrogen (secondary N) is 1. The minimum atomic E-state index is -4.36. The molecule has 1 aliphatic heterocycles. The molecule has 6 atom stereocenters. The number of ether oxygens (including phenoxy) is 2. The van der Waals surface area contributed by atoms with Crippen LogP contribution in [0.4, 0.5) is 5.82 Å². The van der Waals surface area contributed by atoms with Gasteiger partial charge in [0.2, 0.25) is 5.60 Å². The Labute approximate surface area is 272 Å². The van der Waals surface area contributed by atoms with Gasteiger partial charge in [-0.15, -0.1) is 0 Å². The zero-order chi connectivity index (χ0) is 33.8. The molecule has 3 heterocycles.